The molecule has 0 aliphatic heterocycles. The third-order valence-corrected chi connectivity index (χ3v) is 3.60. The summed E-state index contributed by atoms with van der Waals surface area (Å²) in [6, 6.07) is 2.92. The highest BCUT2D eigenvalue weighted by molar-refractivity contribution is 9.10. The summed E-state index contributed by atoms with van der Waals surface area (Å²) in [4.78, 5) is 0. The van der Waals surface area contributed by atoms with Crippen LogP contribution in [0.25, 0.3) is 0 Å². The molecule has 0 radical (unpaired) electrons. The van der Waals surface area contributed by atoms with Gasteiger partial charge in [-0.05, 0) is 12.1 Å². The Morgan fingerprint density at radius 1 is 1.47 bits per heavy atom. The molecule has 0 bridgehead atoms. The Morgan fingerprint density at radius 2 is 2.06 bits per heavy atom. The van der Waals surface area contributed by atoms with E-state index in [9.17, 15) is 10.2 Å². The molecular weight excluding hydrogens is 286 g/mol. The third-order valence-electron chi connectivity index (χ3n) is 2.91. The topological polar surface area (TPSA) is 75.7 Å². The molecule has 4 nitrogen and oxygen atoms in total. The van der Waals surface area contributed by atoms with Crippen LogP contribution in [0.2, 0.25) is 0 Å². The minimum atomic E-state index is -0.535. The van der Waals surface area contributed by atoms with Crippen LogP contribution in [0.5, 0.6) is 11.5 Å². The van der Waals surface area contributed by atoms with Crippen molar-refractivity contribution in [3.63, 3.8) is 0 Å². The van der Waals surface area contributed by atoms with Crippen molar-refractivity contribution in [2.24, 2.45) is 11.1 Å². The van der Waals surface area contributed by atoms with E-state index >= 15 is 0 Å². The Labute approximate surface area is 110 Å². The molecular formula is C12H18BrNO3. The number of aliphatic hydroxyl groups excluding tert-OH is 1. The number of nitrogens with two attached hydrogens (primary N) is 1. The van der Waals surface area contributed by atoms with Gasteiger partial charge in [0.15, 0.2) is 11.5 Å². The van der Waals surface area contributed by atoms with E-state index in [1.54, 1.807) is 12.1 Å². The number of aromatic hydroxyl groups is 1. The predicted molar refractivity (Wildman–Crippen MR) is 70.2 cm³/mol. The summed E-state index contributed by atoms with van der Waals surface area (Å²) >= 11 is 3.36. The van der Waals surface area contributed by atoms with Gasteiger partial charge in [-0.25, -0.2) is 0 Å². The predicted octanol–water partition coefficient (Wildman–Crippen LogP) is 2.18. The number of rotatable bonds is 4. The molecule has 0 fully saturated rings. The van der Waals surface area contributed by atoms with Crippen LogP contribution in [0.1, 0.15) is 25.5 Å². The normalized spacial score (nSPS) is 13.5. The molecule has 17 heavy (non-hydrogen) atoms. The van der Waals surface area contributed by atoms with Crippen LogP contribution < -0.4 is 10.5 Å². The summed E-state index contributed by atoms with van der Waals surface area (Å²) in [5, 5.41) is 19.4. The molecule has 0 saturated heterocycles. The zero-order valence-electron chi connectivity index (χ0n) is 10.2. The van der Waals surface area contributed by atoms with Crippen molar-refractivity contribution >= 4 is 15.9 Å². The summed E-state index contributed by atoms with van der Waals surface area (Å²) in [5.41, 5.74) is 6.11. The first-order valence-corrected chi connectivity index (χ1v) is 6.06. The molecule has 0 saturated carbocycles. The van der Waals surface area contributed by atoms with Gasteiger partial charge in [-0.3, -0.25) is 0 Å². The molecule has 1 rings (SSSR count). The number of ether oxygens (including phenoxy) is 1. The first kappa shape index (κ1) is 14.3. The van der Waals surface area contributed by atoms with Gasteiger partial charge >= 0.3 is 0 Å². The Balaban J connectivity index is 3.30. The Morgan fingerprint density at radius 3 is 2.53 bits per heavy atom. The Bertz CT molecular complexity index is 407. The van der Waals surface area contributed by atoms with E-state index < -0.39 is 11.5 Å². The lowest BCUT2D eigenvalue weighted by atomic mass is 9.81. The minimum absolute atomic E-state index is 0.0101. The van der Waals surface area contributed by atoms with Gasteiger partial charge in [-0.2, -0.15) is 0 Å². The van der Waals surface area contributed by atoms with E-state index in [1.165, 1.54) is 7.11 Å². The number of aliphatic hydroxyl groups is 1. The monoisotopic (exact) mass is 303 g/mol. The van der Waals surface area contributed by atoms with E-state index in [1.807, 2.05) is 13.8 Å². The number of phenolic OH excluding ortho intramolecular Hbond substituents is 1. The quantitative estimate of drug-likeness (QED) is 0.797. The van der Waals surface area contributed by atoms with E-state index in [0.29, 0.717) is 15.8 Å². The average Bonchev–Trinajstić information content (AvgIpc) is 2.29. The van der Waals surface area contributed by atoms with Gasteiger partial charge in [0.1, 0.15) is 0 Å². The molecule has 5 heteroatoms. The van der Waals surface area contributed by atoms with Gasteiger partial charge in [-0.1, -0.05) is 29.8 Å². The molecule has 96 valence electrons. The van der Waals surface area contributed by atoms with Crippen molar-refractivity contribution in [1.29, 1.82) is 0 Å². The van der Waals surface area contributed by atoms with Gasteiger partial charge in [-0.15, -0.1) is 0 Å². The van der Waals surface area contributed by atoms with Gasteiger partial charge < -0.3 is 20.7 Å². The van der Waals surface area contributed by atoms with Crippen LogP contribution in [0.3, 0.4) is 0 Å². The minimum Gasteiger partial charge on any atom is -0.504 e. The summed E-state index contributed by atoms with van der Waals surface area (Å²) in [6.07, 6.45) is 0. The number of methoxy groups -OCH3 is 1. The standard InChI is InChI=1S/C12H18BrNO3/c1-12(2,6-15)11(14)9-7(13)4-5-8(17-3)10(9)16/h4-5,11,15-16H,6,14H2,1-3H3/t11-/m0/s1. The molecule has 0 aromatic heterocycles. The Kier molecular flexibility index (Phi) is 4.41. The zero-order chi connectivity index (χ0) is 13.2. The average molecular weight is 304 g/mol. The van der Waals surface area contributed by atoms with Crippen molar-refractivity contribution in [1.82, 2.24) is 0 Å². The highest BCUT2D eigenvalue weighted by Crippen LogP contribution is 2.43. The highest BCUT2D eigenvalue weighted by Gasteiger charge is 2.31. The van der Waals surface area contributed by atoms with Gasteiger partial charge in [0.05, 0.1) is 7.11 Å². The van der Waals surface area contributed by atoms with Gasteiger partial charge in [0.2, 0.25) is 0 Å². The second-order valence-electron chi connectivity index (χ2n) is 4.64. The number of halogens is 1. The molecule has 0 heterocycles. The molecule has 0 aliphatic carbocycles. The lowest BCUT2D eigenvalue weighted by molar-refractivity contribution is 0.130. The fourth-order valence-electron chi connectivity index (χ4n) is 1.51. The maximum absolute atomic E-state index is 10.1. The van der Waals surface area contributed by atoms with Crippen LogP contribution >= 0.6 is 15.9 Å². The fraction of sp³-hybridized carbons (Fsp3) is 0.500. The van der Waals surface area contributed by atoms with Crippen molar-refractivity contribution < 1.29 is 14.9 Å². The molecule has 4 N–H and O–H groups in total. The van der Waals surface area contributed by atoms with E-state index in [0.717, 1.165) is 0 Å². The second-order valence-corrected chi connectivity index (χ2v) is 5.49. The molecule has 1 atom stereocenters. The first-order chi connectivity index (χ1) is 7.85. The fourth-order valence-corrected chi connectivity index (χ4v) is 2.08. The van der Waals surface area contributed by atoms with Gasteiger partial charge in [0.25, 0.3) is 0 Å². The zero-order valence-corrected chi connectivity index (χ0v) is 11.8. The molecule has 0 aliphatic rings. The third kappa shape index (κ3) is 2.73. The van der Waals surface area contributed by atoms with Crippen molar-refractivity contribution in [2.75, 3.05) is 13.7 Å². The van der Waals surface area contributed by atoms with Crippen molar-refractivity contribution in [2.45, 2.75) is 19.9 Å². The summed E-state index contributed by atoms with van der Waals surface area (Å²) in [5.74, 6) is 0.378. The van der Waals surface area contributed by atoms with E-state index in [4.69, 9.17) is 10.5 Å². The summed E-state index contributed by atoms with van der Waals surface area (Å²) < 4.78 is 5.75. The maximum Gasteiger partial charge on any atom is 0.163 e. The van der Waals surface area contributed by atoms with Crippen molar-refractivity contribution in [3.8, 4) is 11.5 Å². The number of hydrogen-bond acceptors (Lipinski definition) is 4. The molecule has 1 aromatic carbocycles. The Hall–Kier alpha value is -0.780. The number of hydrogen-bond donors (Lipinski definition) is 3. The number of phenols is 1. The lowest BCUT2D eigenvalue weighted by Gasteiger charge is -2.31. The second kappa shape index (κ2) is 5.25. The van der Waals surface area contributed by atoms with Crippen molar-refractivity contribution in [3.05, 3.63) is 22.2 Å². The summed E-state index contributed by atoms with van der Waals surface area (Å²) in [6.45, 7) is 3.60. The van der Waals surface area contributed by atoms with Crippen LogP contribution in [0.15, 0.2) is 16.6 Å². The SMILES string of the molecule is COc1ccc(Br)c([C@H](N)C(C)(C)CO)c1O. The van der Waals surface area contributed by atoms with Crippen LogP contribution in [-0.4, -0.2) is 23.9 Å². The van der Waals surface area contributed by atoms with Crippen LogP contribution in [0.4, 0.5) is 0 Å². The van der Waals surface area contributed by atoms with Crippen LogP contribution in [0, 0.1) is 5.41 Å². The maximum atomic E-state index is 10.1. The molecule has 0 spiro atoms. The molecule has 1 aromatic rings. The van der Waals surface area contributed by atoms with Gasteiger partial charge in [0, 0.05) is 28.1 Å². The van der Waals surface area contributed by atoms with E-state index in [2.05, 4.69) is 15.9 Å². The summed E-state index contributed by atoms with van der Waals surface area (Å²) in [7, 11) is 1.48. The lowest BCUT2D eigenvalue weighted by Crippen LogP contribution is -2.32. The first-order valence-electron chi connectivity index (χ1n) is 5.27. The van der Waals surface area contributed by atoms with E-state index in [-0.39, 0.29) is 12.4 Å². The highest BCUT2D eigenvalue weighted by atomic mass is 79.9. The largest absolute Gasteiger partial charge is 0.504 e. The smallest absolute Gasteiger partial charge is 0.163 e. The molecule has 0 amide bonds. The molecule has 0 unspecified atom stereocenters. The number of benzene rings is 1. The van der Waals surface area contributed by atoms with Crippen LogP contribution in [-0.2, 0) is 0 Å².